The minimum Gasteiger partial charge on any atom is -1.00 e. The average molecular weight is 357 g/mol. The molecule has 0 aliphatic rings. The number of Topliss-reactive ketones (excluding diaryl/α,β-unsaturated/α-hetero) is 1. The molecule has 2 aromatic rings. The van der Waals surface area contributed by atoms with E-state index in [1.165, 1.54) is 11.3 Å². The second kappa shape index (κ2) is 7.40. The normalized spacial score (nSPS) is 9.90. The number of aryl methyl sites for hydroxylation is 1. The number of nitrogen functional groups attached to an aromatic ring is 1. The lowest BCUT2D eigenvalue weighted by Gasteiger charge is -2.04. The number of aromatic nitrogens is 1. The Balaban J connectivity index is 0.00000200. The van der Waals surface area contributed by atoms with Gasteiger partial charge in [-0.05, 0) is 38.1 Å². The number of rotatable bonds is 5. The molecule has 0 unspecified atom stereocenters. The van der Waals surface area contributed by atoms with Crippen molar-refractivity contribution in [3.05, 3.63) is 40.9 Å². The van der Waals surface area contributed by atoms with Gasteiger partial charge in [-0.25, -0.2) is 4.57 Å². The van der Waals surface area contributed by atoms with E-state index in [9.17, 15) is 4.79 Å². The highest BCUT2D eigenvalue weighted by Gasteiger charge is 2.16. The second-order valence-electron chi connectivity index (χ2n) is 4.18. The zero-order chi connectivity index (χ0) is 13.8. The van der Waals surface area contributed by atoms with Gasteiger partial charge in [0.25, 0.3) is 0 Å². The molecular formula is C14H17BrN2O2S. The molecule has 0 radical (unpaired) electrons. The van der Waals surface area contributed by atoms with Gasteiger partial charge in [0.1, 0.15) is 11.4 Å². The summed E-state index contributed by atoms with van der Waals surface area (Å²) in [6.45, 7) is 4.76. The first kappa shape index (κ1) is 16.7. The number of ketones is 1. The summed E-state index contributed by atoms with van der Waals surface area (Å²) in [7, 11) is 0. The number of hydrogen-bond acceptors (Lipinski definition) is 4. The standard InChI is InChI=1S/C14H16N2O2S.BrH/c1-3-18-12-6-4-11(5-7-12)13(17)8-16-10(2)9-19-14(16)15;/h4-7,9,15H,3,8H2,1-2H3;1H. The number of anilines is 1. The summed E-state index contributed by atoms with van der Waals surface area (Å²) < 4.78 is 7.17. The number of ether oxygens (including phenoxy) is 1. The van der Waals surface area contributed by atoms with Crippen LogP contribution in [0.3, 0.4) is 0 Å². The van der Waals surface area contributed by atoms with E-state index in [1.54, 1.807) is 12.1 Å². The largest absolute Gasteiger partial charge is 1.00 e. The number of nitrogens with two attached hydrogens (primary N) is 1. The van der Waals surface area contributed by atoms with Crippen molar-refractivity contribution in [1.82, 2.24) is 0 Å². The zero-order valence-corrected chi connectivity index (χ0v) is 13.8. The molecule has 108 valence electrons. The predicted octanol–water partition coefficient (Wildman–Crippen LogP) is -0.788. The van der Waals surface area contributed by atoms with Gasteiger partial charge in [0.15, 0.2) is 6.54 Å². The molecule has 0 fully saturated rings. The minimum atomic E-state index is 0. The molecule has 0 saturated carbocycles. The highest BCUT2D eigenvalue weighted by molar-refractivity contribution is 7.13. The first-order chi connectivity index (χ1) is 9.11. The molecule has 0 saturated heterocycles. The van der Waals surface area contributed by atoms with Crippen LogP contribution in [0.15, 0.2) is 29.6 Å². The van der Waals surface area contributed by atoms with Crippen LogP contribution in [-0.2, 0) is 6.54 Å². The summed E-state index contributed by atoms with van der Waals surface area (Å²) in [6.07, 6.45) is 0. The molecule has 4 nitrogen and oxygen atoms in total. The Bertz CT molecular complexity index is 562. The molecule has 0 bridgehead atoms. The molecule has 0 aliphatic carbocycles. The molecule has 0 aliphatic heterocycles. The topological polar surface area (TPSA) is 56.2 Å². The summed E-state index contributed by atoms with van der Waals surface area (Å²) in [6, 6.07) is 7.19. The molecule has 20 heavy (non-hydrogen) atoms. The minimum absolute atomic E-state index is 0. The Morgan fingerprint density at radius 3 is 2.50 bits per heavy atom. The Kier molecular flexibility index (Phi) is 6.16. The average Bonchev–Trinajstić information content (AvgIpc) is 2.72. The summed E-state index contributed by atoms with van der Waals surface area (Å²) in [4.78, 5) is 12.2. The Hall–Kier alpha value is -1.40. The van der Waals surface area contributed by atoms with Crippen molar-refractivity contribution in [3.63, 3.8) is 0 Å². The number of halogens is 1. The van der Waals surface area contributed by atoms with E-state index in [1.807, 2.05) is 35.9 Å². The maximum Gasteiger partial charge on any atom is 0.332 e. The van der Waals surface area contributed by atoms with Gasteiger partial charge in [0, 0.05) is 10.9 Å². The fraction of sp³-hybridized carbons (Fsp3) is 0.286. The first-order valence-electron chi connectivity index (χ1n) is 6.11. The van der Waals surface area contributed by atoms with Gasteiger partial charge in [0.2, 0.25) is 5.78 Å². The van der Waals surface area contributed by atoms with Gasteiger partial charge in [-0.2, -0.15) is 0 Å². The molecule has 0 atom stereocenters. The fourth-order valence-electron chi connectivity index (χ4n) is 1.79. The number of hydrogen-bond donors (Lipinski definition) is 1. The van der Waals surface area contributed by atoms with Crippen LogP contribution >= 0.6 is 11.3 Å². The molecule has 2 N–H and O–H groups in total. The molecule has 1 aromatic carbocycles. The van der Waals surface area contributed by atoms with Crippen LogP contribution in [0.2, 0.25) is 0 Å². The van der Waals surface area contributed by atoms with Gasteiger partial charge in [0.05, 0.1) is 6.61 Å². The molecule has 0 amide bonds. The summed E-state index contributed by atoms with van der Waals surface area (Å²) >= 11 is 1.45. The molecule has 0 spiro atoms. The van der Waals surface area contributed by atoms with Gasteiger partial charge in [-0.15, -0.1) is 0 Å². The molecule has 1 aromatic heterocycles. The third-order valence-corrected chi connectivity index (χ3v) is 3.75. The highest BCUT2D eigenvalue weighted by atomic mass is 79.9. The van der Waals surface area contributed by atoms with Gasteiger partial charge in [-0.1, -0.05) is 11.3 Å². The molecular weight excluding hydrogens is 340 g/mol. The van der Waals surface area contributed by atoms with E-state index in [2.05, 4.69) is 0 Å². The molecule has 6 heteroatoms. The molecule has 1 heterocycles. The van der Waals surface area contributed by atoms with Crippen LogP contribution in [0.1, 0.15) is 23.0 Å². The number of nitrogens with zero attached hydrogens (tertiary/aromatic N) is 1. The first-order valence-corrected chi connectivity index (χ1v) is 6.99. The summed E-state index contributed by atoms with van der Waals surface area (Å²) in [5, 5.41) is 2.60. The number of carbonyl (C=O) groups is 1. The lowest BCUT2D eigenvalue weighted by Crippen LogP contribution is -3.00. The third kappa shape index (κ3) is 3.80. The van der Waals surface area contributed by atoms with Crippen molar-refractivity contribution in [2.45, 2.75) is 20.4 Å². The highest BCUT2D eigenvalue weighted by Crippen LogP contribution is 2.13. The lowest BCUT2D eigenvalue weighted by molar-refractivity contribution is -0.670. The van der Waals surface area contributed by atoms with Crippen molar-refractivity contribution in [2.75, 3.05) is 12.3 Å². The summed E-state index contributed by atoms with van der Waals surface area (Å²) in [5.74, 6) is 0.819. The van der Waals surface area contributed by atoms with Crippen LogP contribution in [0.25, 0.3) is 0 Å². The lowest BCUT2D eigenvalue weighted by atomic mass is 10.1. The third-order valence-electron chi connectivity index (χ3n) is 2.83. The zero-order valence-electron chi connectivity index (χ0n) is 11.4. The van der Waals surface area contributed by atoms with Crippen molar-refractivity contribution in [1.29, 1.82) is 0 Å². The van der Waals surface area contributed by atoms with E-state index >= 15 is 0 Å². The van der Waals surface area contributed by atoms with Crippen molar-refractivity contribution in [2.24, 2.45) is 0 Å². The van der Waals surface area contributed by atoms with E-state index in [0.717, 1.165) is 11.4 Å². The van der Waals surface area contributed by atoms with Crippen molar-refractivity contribution >= 4 is 22.3 Å². The van der Waals surface area contributed by atoms with E-state index in [-0.39, 0.29) is 29.3 Å². The number of thiazole rings is 1. The monoisotopic (exact) mass is 356 g/mol. The van der Waals surface area contributed by atoms with Crippen LogP contribution in [0, 0.1) is 6.92 Å². The van der Waals surface area contributed by atoms with E-state index < -0.39 is 0 Å². The predicted molar refractivity (Wildman–Crippen MR) is 75.6 cm³/mol. The summed E-state index contributed by atoms with van der Waals surface area (Å²) in [5.41, 5.74) is 7.51. The van der Waals surface area contributed by atoms with Crippen LogP contribution in [0.5, 0.6) is 5.75 Å². The maximum atomic E-state index is 12.2. The van der Waals surface area contributed by atoms with Gasteiger partial charge >= 0.3 is 5.13 Å². The van der Waals surface area contributed by atoms with Crippen LogP contribution in [-0.4, -0.2) is 12.4 Å². The number of carbonyl (C=O) groups excluding carboxylic acids is 1. The second-order valence-corrected chi connectivity index (χ2v) is 5.07. The van der Waals surface area contributed by atoms with Crippen molar-refractivity contribution < 1.29 is 31.1 Å². The van der Waals surface area contributed by atoms with Crippen molar-refractivity contribution in [3.8, 4) is 5.75 Å². The maximum absolute atomic E-state index is 12.2. The van der Waals surface area contributed by atoms with Crippen LogP contribution in [0.4, 0.5) is 5.13 Å². The smallest absolute Gasteiger partial charge is 0.332 e. The van der Waals surface area contributed by atoms with Crippen LogP contribution < -0.4 is 32.0 Å². The Morgan fingerprint density at radius 2 is 2.00 bits per heavy atom. The van der Waals surface area contributed by atoms with E-state index in [0.29, 0.717) is 17.3 Å². The van der Waals surface area contributed by atoms with E-state index in [4.69, 9.17) is 10.5 Å². The number of benzene rings is 1. The van der Waals surface area contributed by atoms with Gasteiger partial charge < -0.3 is 21.7 Å². The Morgan fingerprint density at radius 1 is 1.35 bits per heavy atom. The molecule has 2 rings (SSSR count). The fourth-order valence-corrected chi connectivity index (χ4v) is 2.54. The quantitative estimate of drug-likeness (QED) is 0.564. The Labute approximate surface area is 133 Å². The SMILES string of the molecule is CCOc1ccc(C(=O)C[n+]2c(C)csc2N)cc1.[Br-]. The van der Waals surface area contributed by atoms with Gasteiger partial charge in [-0.3, -0.25) is 10.5 Å².